The first-order valence-corrected chi connectivity index (χ1v) is 10.4. The fourth-order valence-electron chi connectivity index (χ4n) is 2.97. The molecule has 0 saturated heterocycles. The standard InChI is InChI=1S/C24H32N4O3/c1-18(16-27-19(2)24(25)30)14-20-10-11-22(31-21-8-5-4-6-9-21)15-23(20)28(17-29)13-7-12-26-3/h4-6,8-11,14-15,17,19,26-27H,7,12-13,16H2,1-3H3,(H2,25,30)/b18-14+. The second kappa shape index (κ2) is 12.5. The van der Waals surface area contributed by atoms with Gasteiger partial charge in [0.2, 0.25) is 12.3 Å². The highest BCUT2D eigenvalue weighted by atomic mass is 16.5. The predicted molar refractivity (Wildman–Crippen MR) is 125 cm³/mol. The molecule has 2 aromatic carbocycles. The van der Waals surface area contributed by atoms with Gasteiger partial charge in [0.1, 0.15) is 11.5 Å². The fourth-order valence-corrected chi connectivity index (χ4v) is 2.97. The molecule has 4 N–H and O–H groups in total. The third kappa shape index (κ3) is 7.88. The van der Waals surface area contributed by atoms with Crippen molar-refractivity contribution in [2.75, 3.05) is 31.6 Å². The average molecular weight is 425 g/mol. The molecule has 1 unspecified atom stereocenters. The van der Waals surface area contributed by atoms with Gasteiger partial charge in [0.05, 0.1) is 11.7 Å². The van der Waals surface area contributed by atoms with E-state index in [0.29, 0.717) is 18.8 Å². The highest BCUT2D eigenvalue weighted by Gasteiger charge is 2.13. The first kappa shape index (κ1) is 24.1. The minimum Gasteiger partial charge on any atom is -0.457 e. The van der Waals surface area contributed by atoms with Crippen LogP contribution in [0.1, 0.15) is 25.8 Å². The number of ether oxygens (including phenoxy) is 1. The van der Waals surface area contributed by atoms with Gasteiger partial charge in [0.15, 0.2) is 0 Å². The summed E-state index contributed by atoms with van der Waals surface area (Å²) in [7, 11) is 1.89. The number of carbonyl (C=O) groups excluding carboxylic acids is 2. The van der Waals surface area contributed by atoms with Gasteiger partial charge in [-0.05, 0) is 63.7 Å². The molecule has 2 rings (SSSR count). The van der Waals surface area contributed by atoms with E-state index in [9.17, 15) is 9.59 Å². The molecule has 0 saturated carbocycles. The Morgan fingerprint density at radius 2 is 1.94 bits per heavy atom. The van der Waals surface area contributed by atoms with Gasteiger partial charge < -0.3 is 26.0 Å². The van der Waals surface area contributed by atoms with Gasteiger partial charge >= 0.3 is 0 Å². The Labute approximate surface area is 184 Å². The van der Waals surface area contributed by atoms with Gasteiger partial charge in [-0.3, -0.25) is 9.59 Å². The van der Waals surface area contributed by atoms with Crippen LogP contribution in [-0.2, 0) is 9.59 Å². The maximum absolute atomic E-state index is 11.9. The van der Waals surface area contributed by atoms with E-state index >= 15 is 0 Å². The lowest BCUT2D eigenvalue weighted by Gasteiger charge is -2.21. The van der Waals surface area contributed by atoms with Gasteiger partial charge in [-0.25, -0.2) is 0 Å². The number of primary amides is 1. The van der Waals surface area contributed by atoms with Crippen LogP contribution < -0.4 is 26.0 Å². The highest BCUT2D eigenvalue weighted by Crippen LogP contribution is 2.30. The van der Waals surface area contributed by atoms with E-state index in [4.69, 9.17) is 10.5 Å². The van der Waals surface area contributed by atoms with Crippen LogP contribution >= 0.6 is 0 Å². The van der Waals surface area contributed by atoms with Gasteiger partial charge in [0.25, 0.3) is 0 Å². The average Bonchev–Trinajstić information content (AvgIpc) is 2.77. The molecule has 0 bridgehead atoms. The largest absolute Gasteiger partial charge is 0.457 e. The summed E-state index contributed by atoms with van der Waals surface area (Å²) in [5, 5.41) is 6.19. The van der Waals surface area contributed by atoms with E-state index < -0.39 is 11.9 Å². The molecule has 2 amide bonds. The van der Waals surface area contributed by atoms with E-state index in [1.54, 1.807) is 11.8 Å². The summed E-state index contributed by atoms with van der Waals surface area (Å²) in [6.45, 7) is 5.59. The fraction of sp³-hybridized carbons (Fsp3) is 0.333. The van der Waals surface area contributed by atoms with E-state index in [1.165, 1.54) is 0 Å². The molecule has 31 heavy (non-hydrogen) atoms. The molecule has 2 aromatic rings. The Hall–Kier alpha value is -3.16. The third-order valence-corrected chi connectivity index (χ3v) is 4.76. The summed E-state index contributed by atoms with van der Waals surface area (Å²) in [5.41, 5.74) is 7.97. The van der Waals surface area contributed by atoms with Crippen LogP contribution in [0.15, 0.2) is 54.1 Å². The van der Waals surface area contributed by atoms with Crippen molar-refractivity contribution in [1.29, 1.82) is 0 Å². The maximum Gasteiger partial charge on any atom is 0.234 e. The zero-order chi connectivity index (χ0) is 22.6. The summed E-state index contributed by atoms with van der Waals surface area (Å²) in [4.78, 5) is 24.8. The maximum atomic E-state index is 11.9. The van der Waals surface area contributed by atoms with Crippen LogP contribution in [0, 0.1) is 0 Å². The van der Waals surface area contributed by atoms with Crippen LogP contribution in [0.2, 0.25) is 0 Å². The highest BCUT2D eigenvalue weighted by molar-refractivity contribution is 5.83. The van der Waals surface area contributed by atoms with Gasteiger partial charge in [-0.2, -0.15) is 0 Å². The number of nitrogens with one attached hydrogen (secondary N) is 2. The van der Waals surface area contributed by atoms with Gasteiger partial charge in [-0.15, -0.1) is 0 Å². The SMILES string of the molecule is CNCCCN(C=O)c1cc(Oc2ccccc2)ccc1/C=C(\C)CNC(C)C(N)=O. The van der Waals surface area contributed by atoms with Crippen LogP contribution in [0.5, 0.6) is 11.5 Å². The van der Waals surface area contributed by atoms with Gasteiger partial charge in [0, 0.05) is 19.2 Å². The van der Waals surface area contributed by atoms with Crippen molar-refractivity contribution in [2.24, 2.45) is 5.73 Å². The normalized spacial score (nSPS) is 12.3. The van der Waals surface area contributed by atoms with Crippen molar-refractivity contribution in [1.82, 2.24) is 10.6 Å². The van der Waals surface area contributed by atoms with E-state index in [2.05, 4.69) is 10.6 Å². The molecular weight excluding hydrogens is 392 g/mol. The molecule has 7 heteroatoms. The van der Waals surface area contributed by atoms with Gasteiger partial charge in [-0.1, -0.05) is 29.8 Å². The van der Waals surface area contributed by atoms with Crippen molar-refractivity contribution in [3.63, 3.8) is 0 Å². The summed E-state index contributed by atoms with van der Waals surface area (Å²) >= 11 is 0. The minimum absolute atomic E-state index is 0.396. The van der Waals surface area contributed by atoms with Crippen molar-refractivity contribution in [3.8, 4) is 11.5 Å². The minimum atomic E-state index is -0.419. The lowest BCUT2D eigenvalue weighted by Crippen LogP contribution is -2.39. The number of anilines is 1. The summed E-state index contributed by atoms with van der Waals surface area (Å²) < 4.78 is 5.97. The van der Waals surface area contributed by atoms with Crippen molar-refractivity contribution in [3.05, 3.63) is 59.7 Å². The Bertz CT molecular complexity index is 884. The summed E-state index contributed by atoms with van der Waals surface area (Å²) in [6.07, 6.45) is 3.66. The molecule has 166 valence electrons. The molecule has 0 fully saturated rings. The quantitative estimate of drug-likeness (QED) is 0.339. The third-order valence-electron chi connectivity index (χ3n) is 4.76. The number of rotatable bonds is 13. The predicted octanol–water partition coefficient (Wildman–Crippen LogP) is 2.92. The summed E-state index contributed by atoms with van der Waals surface area (Å²) in [6, 6.07) is 14.8. The molecule has 0 heterocycles. The molecule has 0 aromatic heterocycles. The lowest BCUT2D eigenvalue weighted by atomic mass is 10.1. The molecule has 0 spiro atoms. The molecule has 0 aliphatic carbocycles. The van der Waals surface area contributed by atoms with Crippen molar-refractivity contribution >= 4 is 24.1 Å². The Kier molecular flexibility index (Phi) is 9.74. The zero-order valence-corrected chi connectivity index (χ0v) is 18.4. The Morgan fingerprint density at radius 1 is 1.19 bits per heavy atom. The number of para-hydroxylation sites is 1. The van der Waals surface area contributed by atoms with Crippen molar-refractivity contribution in [2.45, 2.75) is 26.3 Å². The Balaban J connectivity index is 2.30. The Morgan fingerprint density at radius 3 is 2.58 bits per heavy atom. The number of hydrogen-bond acceptors (Lipinski definition) is 5. The number of nitrogens with two attached hydrogens (primary N) is 1. The topological polar surface area (TPSA) is 96.7 Å². The number of benzene rings is 2. The van der Waals surface area contributed by atoms with E-state index in [0.717, 1.165) is 41.9 Å². The second-order valence-corrected chi connectivity index (χ2v) is 7.39. The first-order chi connectivity index (χ1) is 14.9. The molecule has 0 radical (unpaired) electrons. The number of carbonyl (C=O) groups is 2. The van der Waals surface area contributed by atoms with Crippen molar-refractivity contribution < 1.29 is 14.3 Å². The monoisotopic (exact) mass is 424 g/mol. The molecule has 1 atom stereocenters. The number of nitrogens with zero attached hydrogens (tertiary/aromatic N) is 1. The van der Waals surface area contributed by atoms with E-state index in [1.807, 2.05) is 68.6 Å². The molecule has 7 nitrogen and oxygen atoms in total. The van der Waals surface area contributed by atoms with Crippen LogP contribution in [0.25, 0.3) is 6.08 Å². The number of amides is 2. The second-order valence-electron chi connectivity index (χ2n) is 7.39. The van der Waals surface area contributed by atoms with Crippen LogP contribution in [0.4, 0.5) is 5.69 Å². The summed E-state index contributed by atoms with van der Waals surface area (Å²) in [5.74, 6) is 0.981. The van der Waals surface area contributed by atoms with Crippen LogP contribution in [-0.4, -0.2) is 45.0 Å². The molecule has 0 aliphatic rings. The molecular formula is C24H32N4O3. The van der Waals surface area contributed by atoms with E-state index in [-0.39, 0.29) is 0 Å². The zero-order valence-electron chi connectivity index (χ0n) is 18.4. The van der Waals surface area contributed by atoms with Crippen LogP contribution in [0.3, 0.4) is 0 Å². The number of hydrogen-bond donors (Lipinski definition) is 3. The molecule has 0 aliphatic heterocycles. The smallest absolute Gasteiger partial charge is 0.234 e. The first-order valence-electron chi connectivity index (χ1n) is 10.4. The lowest BCUT2D eigenvalue weighted by molar-refractivity contribution is -0.119.